The van der Waals surface area contributed by atoms with Gasteiger partial charge < -0.3 is 23.5 Å². The van der Waals surface area contributed by atoms with Gasteiger partial charge in [0.2, 0.25) is 0 Å². The van der Waals surface area contributed by atoms with Crippen molar-refractivity contribution in [2.45, 2.75) is 57.7 Å². The van der Waals surface area contributed by atoms with Crippen molar-refractivity contribution in [2.75, 3.05) is 13.6 Å². The van der Waals surface area contributed by atoms with Crippen LogP contribution >= 0.6 is 0 Å². The molecule has 1 saturated carbocycles. The number of aromatic nitrogens is 2. The third kappa shape index (κ3) is 3.14. The first-order valence-electron chi connectivity index (χ1n) is 9.33. The van der Waals surface area contributed by atoms with Gasteiger partial charge in [-0.05, 0) is 33.6 Å². The number of oxazole rings is 1. The summed E-state index contributed by atoms with van der Waals surface area (Å²) in [5, 5.41) is 4.02. The molecular formula is C19H24N4O5. The molecule has 1 fully saturated rings. The zero-order valence-corrected chi connectivity index (χ0v) is 16.5. The lowest BCUT2D eigenvalue weighted by atomic mass is 10.0. The van der Waals surface area contributed by atoms with E-state index in [1.165, 1.54) is 6.39 Å². The second-order valence-corrected chi connectivity index (χ2v) is 8.35. The lowest BCUT2D eigenvalue weighted by molar-refractivity contribution is 0.0217. The fraction of sp³-hybridized carbons (Fsp3) is 0.579. The maximum absolute atomic E-state index is 13.2. The van der Waals surface area contributed by atoms with E-state index in [1.807, 2.05) is 20.8 Å². The Kier molecular flexibility index (Phi) is 4.20. The molecule has 1 aliphatic heterocycles. The third-order valence-corrected chi connectivity index (χ3v) is 5.26. The second kappa shape index (κ2) is 6.35. The predicted octanol–water partition coefficient (Wildman–Crippen LogP) is 2.72. The molecule has 4 rings (SSSR count). The average molecular weight is 388 g/mol. The molecule has 2 aromatic rings. The number of hydrogen-bond acceptors (Lipinski definition) is 7. The van der Waals surface area contributed by atoms with Crippen LogP contribution in [0.15, 0.2) is 21.6 Å². The summed E-state index contributed by atoms with van der Waals surface area (Å²) in [6, 6.07) is 0. The largest absolute Gasteiger partial charge is 0.451 e. The number of nitrogens with zero attached hydrogens (tertiary/aromatic N) is 4. The van der Waals surface area contributed by atoms with Gasteiger partial charge in [0.05, 0.1) is 12.1 Å². The minimum Gasteiger partial charge on any atom is -0.451 e. The van der Waals surface area contributed by atoms with Crippen molar-refractivity contribution in [3.05, 3.63) is 35.4 Å². The van der Waals surface area contributed by atoms with Gasteiger partial charge in [-0.15, -0.1) is 0 Å². The summed E-state index contributed by atoms with van der Waals surface area (Å²) < 4.78 is 15.9. The van der Waals surface area contributed by atoms with Crippen molar-refractivity contribution >= 4 is 12.0 Å². The Morgan fingerprint density at radius 3 is 2.68 bits per heavy atom. The van der Waals surface area contributed by atoms with Crippen LogP contribution in [0.2, 0.25) is 0 Å². The van der Waals surface area contributed by atoms with E-state index in [0.29, 0.717) is 24.3 Å². The van der Waals surface area contributed by atoms with Crippen molar-refractivity contribution in [1.29, 1.82) is 0 Å². The van der Waals surface area contributed by atoms with E-state index in [4.69, 9.17) is 13.7 Å². The molecule has 0 bridgehead atoms. The lowest BCUT2D eigenvalue weighted by Gasteiger charge is -2.30. The first-order chi connectivity index (χ1) is 13.2. The number of carbonyl (C=O) groups is 2. The highest BCUT2D eigenvalue weighted by Gasteiger charge is 2.53. The Morgan fingerprint density at radius 2 is 2.07 bits per heavy atom. The summed E-state index contributed by atoms with van der Waals surface area (Å²) in [6.45, 7) is 6.16. The molecule has 0 saturated heterocycles. The monoisotopic (exact) mass is 388 g/mol. The van der Waals surface area contributed by atoms with Crippen LogP contribution in [0.3, 0.4) is 0 Å². The first kappa shape index (κ1) is 18.5. The minimum atomic E-state index is -0.583. The Bertz CT molecular complexity index is 892. The van der Waals surface area contributed by atoms with Crippen LogP contribution in [0.5, 0.6) is 0 Å². The van der Waals surface area contributed by atoms with E-state index in [0.717, 1.165) is 18.5 Å². The van der Waals surface area contributed by atoms with Crippen LogP contribution in [0.4, 0.5) is 4.79 Å². The van der Waals surface area contributed by atoms with Gasteiger partial charge in [0.15, 0.2) is 12.1 Å². The van der Waals surface area contributed by atoms with Crippen LogP contribution in [0.1, 0.15) is 61.1 Å². The van der Waals surface area contributed by atoms with Gasteiger partial charge in [0.1, 0.15) is 23.3 Å². The first-order valence-corrected chi connectivity index (χ1v) is 9.33. The van der Waals surface area contributed by atoms with Crippen molar-refractivity contribution in [1.82, 2.24) is 19.9 Å². The summed E-state index contributed by atoms with van der Waals surface area (Å²) in [6.07, 6.45) is 4.64. The number of amides is 2. The standard InChI is InChI=1S/C19H24N4O5/c1-18(2,3)27-17(25)23-8-5-13-12(9-23)15(21-28-13)16(24)22(4)19(6-7-19)14-10-26-11-20-14/h10-11H,5-9H2,1-4H3. The van der Waals surface area contributed by atoms with Crippen molar-refractivity contribution in [3.8, 4) is 0 Å². The van der Waals surface area contributed by atoms with E-state index in [-0.39, 0.29) is 18.1 Å². The molecule has 0 spiro atoms. The minimum absolute atomic E-state index is 0.236. The van der Waals surface area contributed by atoms with E-state index < -0.39 is 17.2 Å². The molecule has 28 heavy (non-hydrogen) atoms. The fourth-order valence-corrected chi connectivity index (χ4v) is 3.54. The zero-order chi connectivity index (χ0) is 20.1. The fourth-order valence-electron chi connectivity index (χ4n) is 3.54. The number of rotatable bonds is 3. The predicted molar refractivity (Wildman–Crippen MR) is 96.4 cm³/mol. The summed E-state index contributed by atoms with van der Waals surface area (Å²) in [5.74, 6) is 0.388. The Morgan fingerprint density at radius 1 is 1.32 bits per heavy atom. The molecule has 0 unspecified atom stereocenters. The zero-order valence-electron chi connectivity index (χ0n) is 16.5. The maximum atomic E-state index is 13.2. The van der Waals surface area contributed by atoms with Gasteiger partial charge in [-0.1, -0.05) is 5.16 Å². The molecule has 9 heteroatoms. The van der Waals surface area contributed by atoms with Gasteiger partial charge in [-0.3, -0.25) is 4.79 Å². The van der Waals surface area contributed by atoms with Crippen molar-refractivity contribution in [2.24, 2.45) is 0 Å². The van der Waals surface area contributed by atoms with Gasteiger partial charge in [-0.2, -0.15) is 0 Å². The molecule has 0 atom stereocenters. The SMILES string of the molecule is CN(C(=O)c1noc2c1CN(C(=O)OC(C)(C)C)CC2)C1(c2cocn2)CC1. The van der Waals surface area contributed by atoms with Gasteiger partial charge in [-0.25, -0.2) is 9.78 Å². The molecule has 0 aromatic carbocycles. The van der Waals surface area contributed by atoms with Gasteiger partial charge >= 0.3 is 6.09 Å². The second-order valence-electron chi connectivity index (χ2n) is 8.35. The molecule has 0 N–H and O–H groups in total. The van der Waals surface area contributed by atoms with Crippen molar-refractivity contribution in [3.63, 3.8) is 0 Å². The van der Waals surface area contributed by atoms with Crippen molar-refractivity contribution < 1.29 is 23.3 Å². The number of ether oxygens (including phenoxy) is 1. The quantitative estimate of drug-likeness (QED) is 0.796. The van der Waals surface area contributed by atoms with Crippen LogP contribution < -0.4 is 0 Å². The summed E-state index contributed by atoms with van der Waals surface area (Å²) in [5.41, 5.74) is 0.567. The summed E-state index contributed by atoms with van der Waals surface area (Å²) in [4.78, 5) is 33.0. The molecule has 3 heterocycles. The van der Waals surface area contributed by atoms with Crippen LogP contribution in [-0.4, -0.2) is 51.1 Å². The smallest absolute Gasteiger partial charge is 0.410 e. The number of hydrogen-bond donors (Lipinski definition) is 0. The van der Waals surface area contributed by atoms with Gasteiger partial charge in [0.25, 0.3) is 5.91 Å². The Hall–Kier alpha value is -2.84. The molecule has 2 amide bonds. The van der Waals surface area contributed by atoms with E-state index in [2.05, 4.69) is 10.1 Å². The lowest BCUT2D eigenvalue weighted by Crippen LogP contribution is -2.41. The molecule has 2 aliphatic rings. The summed E-state index contributed by atoms with van der Waals surface area (Å²) in [7, 11) is 1.74. The number of carbonyl (C=O) groups excluding carboxylic acids is 2. The molecule has 150 valence electrons. The molecular weight excluding hydrogens is 364 g/mol. The highest BCUT2D eigenvalue weighted by Crippen LogP contribution is 2.50. The van der Waals surface area contributed by atoms with Crippen LogP contribution in [0.25, 0.3) is 0 Å². The highest BCUT2D eigenvalue weighted by molar-refractivity contribution is 5.94. The molecule has 2 aromatic heterocycles. The van der Waals surface area contributed by atoms with Crippen LogP contribution in [-0.2, 0) is 23.2 Å². The number of fused-ring (bicyclic) bond motifs is 1. The molecule has 9 nitrogen and oxygen atoms in total. The Balaban J connectivity index is 1.54. The maximum Gasteiger partial charge on any atom is 0.410 e. The highest BCUT2D eigenvalue weighted by atomic mass is 16.6. The van der Waals surface area contributed by atoms with Gasteiger partial charge in [0, 0.05) is 25.6 Å². The molecule has 0 radical (unpaired) electrons. The summed E-state index contributed by atoms with van der Waals surface area (Å²) >= 11 is 0. The van der Waals surface area contributed by atoms with E-state index in [1.54, 1.807) is 23.1 Å². The van der Waals surface area contributed by atoms with E-state index >= 15 is 0 Å². The average Bonchev–Trinajstić information content (AvgIpc) is 3.06. The molecule has 1 aliphatic carbocycles. The normalized spacial score (nSPS) is 17.8. The third-order valence-electron chi connectivity index (χ3n) is 5.26. The van der Waals surface area contributed by atoms with Crippen LogP contribution in [0, 0.1) is 0 Å². The topological polar surface area (TPSA) is 102 Å². The van der Waals surface area contributed by atoms with E-state index in [9.17, 15) is 9.59 Å². The Labute approximate surface area is 162 Å².